The zero-order valence-corrected chi connectivity index (χ0v) is 10.5. The number of nitrogens with zero attached hydrogens (tertiary/aromatic N) is 1. The van der Waals surface area contributed by atoms with Crippen LogP contribution in [-0.4, -0.2) is 36.7 Å². The summed E-state index contributed by atoms with van der Waals surface area (Å²) < 4.78 is 0. The van der Waals surface area contributed by atoms with Gasteiger partial charge in [-0.2, -0.15) is 0 Å². The number of piperidine rings is 1. The van der Waals surface area contributed by atoms with E-state index in [1.165, 1.54) is 31.5 Å². The number of benzene rings is 1. The summed E-state index contributed by atoms with van der Waals surface area (Å²) in [7, 11) is 2.20. The van der Waals surface area contributed by atoms with Crippen LogP contribution < -0.4 is 5.32 Å². The Morgan fingerprint density at radius 1 is 1.35 bits per heavy atom. The molecule has 0 radical (unpaired) electrons. The Bertz CT molecular complexity index is 337. The summed E-state index contributed by atoms with van der Waals surface area (Å²) in [5, 5.41) is 12.7. The summed E-state index contributed by atoms with van der Waals surface area (Å²) >= 11 is 0. The number of hydrogen-bond donors (Lipinski definition) is 2. The Morgan fingerprint density at radius 2 is 2.12 bits per heavy atom. The first-order chi connectivity index (χ1) is 8.24. The number of likely N-dealkylation sites (tertiary alicyclic amines) is 1. The third-order valence-electron chi connectivity index (χ3n) is 3.42. The topological polar surface area (TPSA) is 35.5 Å². The number of phenolic OH excluding ortho intramolecular Hbond substituents is 1. The van der Waals surface area contributed by atoms with Crippen LogP contribution in [-0.2, 0) is 6.54 Å². The highest BCUT2D eigenvalue weighted by Gasteiger charge is 2.16. The maximum absolute atomic E-state index is 9.19. The summed E-state index contributed by atoms with van der Waals surface area (Å²) in [6.45, 7) is 4.43. The lowest BCUT2D eigenvalue weighted by atomic mass is 9.98. The largest absolute Gasteiger partial charge is 0.508 e. The van der Waals surface area contributed by atoms with Gasteiger partial charge in [0.15, 0.2) is 0 Å². The van der Waals surface area contributed by atoms with Crippen LogP contribution in [0.5, 0.6) is 5.75 Å². The predicted octanol–water partition coefficient (Wildman–Crippen LogP) is 1.82. The van der Waals surface area contributed by atoms with Gasteiger partial charge in [0.1, 0.15) is 5.75 Å². The van der Waals surface area contributed by atoms with E-state index >= 15 is 0 Å². The normalized spacial score (nSPS) is 21.6. The van der Waals surface area contributed by atoms with Crippen molar-refractivity contribution >= 4 is 0 Å². The van der Waals surface area contributed by atoms with Crippen LogP contribution in [0.1, 0.15) is 18.4 Å². The van der Waals surface area contributed by atoms with E-state index < -0.39 is 0 Å². The molecule has 3 nitrogen and oxygen atoms in total. The zero-order chi connectivity index (χ0) is 12.1. The first-order valence-electron chi connectivity index (χ1n) is 6.41. The molecule has 3 heteroatoms. The maximum Gasteiger partial charge on any atom is 0.115 e. The molecule has 1 aliphatic rings. The molecule has 0 bridgehead atoms. The van der Waals surface area contributed by atoms with Crippen molar-refractivity contribution in [3.05, 3.63) is 29.8 Å². The molecule has 1 atom stereocenters. The summed E-state index contributed by atoms with van der Waals surface area (Å²) in [5.74, 6) is 1.12. The third-order valence-corrected chi connectivity index (χ3v) is 3.42. The second-order valence-corrected chi connectivity index (χ2v) is 5.07. The minimum Gasteiger partial charge on any atom is -0.508 e. The van der Waals surface area contributed by atoms with Crippen molar-refractivity contribution in [3.8, 4) is 5.75 Å². The lowest BCUT2D eigenvalue weighted by Crippen LogP contribution is -2.37. The second kappa shape index (κ2) is 6.03. The minimum absolute atomic E-state index is 0.336. The Kier molecular flexibility index (Phi) is 4.40. The van der Waals surface area contributed by atoms with Gasteiger partial charge >= 0.3 is 0 Å². The Balaban J connectivity index is 1.70. The highest BCUT2D eigenvalue weighted by molar-refractivity contribution is 5.25. The Labute approximate surface area is 103 Å². The minimum atomic E-state index is 0.336. The smallest absolute Gasteiger partial charge is 0.115 e. The molecule has 1 aromatic rings. The van der Waals surface area contributed by atoms with Crippen LogP contribution in [0.4, 0.5) is 0 Å². The second-order valence-electron chi connectivity index (χ2n) is 5.07. The van der Waals surface area contributed by atoms with Crippen LogP contribution in [0.2, 0.25) is 0 Å². The number of rotatable bonds is 4. The van der Waals surface area contributed by atoms with E-state index in [2.05, 4.69) is 17.3 Å². The lowest BCUT2D eigenvalue weighted by Gasteiger charge is -2.29. The van der Waals surface area contributed by atoms with Crippen molar-refractivity contribution in [2.24, 2.45) is 5.92 Å². The van der Waals surface area contributed by atoms with Gasteiger partial charge < -0.3 is 15.3 Å². The van der Waals surface area contributed by atoms with Crippen molar-refractivity contribution in [3.63, 3.8) is 0 Å². The molecule has 1 heterocycles. The first kappa shape index (κ1) is 12.4. The van der Waals surface area contributed by atoms with E-state index in [9.17, 15) is 5.11 Å². The summed E-state index contributed by atoms with van der Waals surface area (Å²) in [4.78, 5) is 2.41. The highest BCUT2D eigenvalue weighted by atomic mass is 16.3. The Hall–Kier alpha value is -1.06. The van der Waals surface area contributed by atoms with Crippen LogP contribution >= 0.6 is 0 Å². The monoisotopic (exact) mass is 234 g/mol. The van der Waals surface area contributed by atoms with Crippen LogP contribution in [0.3, 0.4) is 0 Å². The predicted molar refractivity (Wildman–Crippen MR) is 70.0 cm³/mol. The molecule has 1 unspecified atom stereocenters. The van der Waals surface area contributed by atoms with E-state index in [1.54, 1.807) is 12.1 Å². The average Bonchev–Trinajstić information content (AvgIpc) is 2.32. The molecule has 0 amide bonds. The lowest BCUT2D eigenvalue weighted by molar-refractivity contribution is 0.206. The summed E-state index contributed by atoms with van der Waals surface area (Å²) in [6, 6.07) is 7.42. The molecule has 1 aromatic carbocycles. The molecular weight excluding hydrogens is 212 g/mol. The van der Waals surface area contributed by atoms with Gasteiger partial charge in [-0.25, -0.2) is 0 Å². The van der Waals surface area contributed by atoms with Gasteiger partial charge in [-0.1, -0.05) is 12.1 Å². The van der Waals surface area contributed by atoms with Gasteiger partial charge in [-0.3, -0.25) is 0 Å². The standard InChI is InChI=1S/C14H22N2O/c1-16-8-2-3-13(11-16)10-15-9-12-4-6-14(17)7-5-12/h4-7,13,15,17H,2-3,8-11H2,1H3. The van der Waals surface area contributed by atoms with Crippen LogP contribution in [0.25, 0.3) is 0 Å². The van der Waals surface area contributed by atoms with E-state index in [0.717, 1.165) is 19.0 Å². The summed E-state index contributed by atoms with van der Waals surface area (Å²) in [5.41, 5.74) is 1.23. The number of phenols is 1. The molecule has 2 rings (SSSR count). The third kappa shape index (κ3) is 4.02. The quantitative estimate of drug-likeness (QED) is 0.834. The average molecular weight is 234 g/mol. The molecule has 0 spiro atoms. The molecule has 2 N–H and O–H groups in total. The van der Waals surface area contributed by atoms with Crippen molar-refractivity contribution < 1.29 is 5.11 Å². The van der Waals surface area contributed by atoms with E-state index in [0.29, 0.717) is 5.75 Å². The van der Waals surface area contributed by atoms with Crippen molar-refractivity contribution in [1.82, 2.24) is 10.2 Å². The molecule has 0 aliphatic carbocycles. The fraction of sp³-hybridized carbons (Fsp3) is 0.571. The highest BCUT2D eigenvalue weighted by Crippen LogP contribution is 2.14. The van der Waals surface area contributed by atoms with Gasteiger partial charge in [0, 0.05) is 13.1 Å². The molecule has 94 valence electrons. The number of nitrogens with one attached hydrogen (secondary N) is 1. The van der Waals surface area contributed by atoms with Gasteiger partial charge in [0.05, 0.1) is 0 Å². The van der Waals surface area contributed by atoms with E-state index in [1.807, 2.05) is 12.1 Å². The van der Waals surface area contributed by atoms with Crippen LogP contribution in [0, 0.1) is 5.92 Å². The van der Waals surface area contributed by atoms with Gasteiger partial charge in [-0.05, 0) is 56.6 Å². The fourth-order valence-electron chi connectivity index (χ4n) is 2.47. The molecule has 17 heavy (non-hydrogen) atoms. The maximum atomic E-state index is 9.19. The number of aromatic hydroxyl groups is 1. The van der Waals surface area contributed by atoms with Crippen molar-refractivity contribution in [2.45, 2.75) is 19.4 Å². The molecule has 1 saturated heterocycles. The van der Waals surface area contributed by atoms with E-state index in [-0.39, 0.29) is 0 Å². The first-order valence-corrected chi connectivity index (χ1v) is 6.41. The number of hydrogen-bond acceptors (Lipinski definition) is 3. The van der Waals surface area contributed by atoms with Crippen molar-refractivity contribution in [2.75, 3.05) is 26.7 Å². The Morgan fingerprint density at radius 3 is 2.82 bits per heavy atom. The summed E-state index contributed by atoms with van der Waals surface area (Å²) in [6.07, 6.45) is 2.66. The molecule has 0 saturated carbocycles. The van der Waals surface area contributed by atoms with Gasteiger partial charge in [-0.15, -0.1) is 0 Å². The zero-order valence-electron chi connectivity index (χ0n) is 10.5. The van der Waals surface area contributed by atoms with Crippen LogP contribution in [0.15, 0.2) is 24.3 Å². The van der Waals surface area contributed by atoms with E-state index in [4.69, 9.17) is 0 Å². The molecule has 1 aliphatic heterocycles. The molecule has 0 aromatic heterocycles. The van der Waals surface area contributed by atoms with Crippen molar-refractivity contribution in [1.29, 1.82) is 0 Å². The van der Waals surface area contributed by atoms with Gasteiger partial charge in [0.2, 0.25) is 0 Å². The van der Waals surface area contributed by atoms with Gasteiger partial charge in [0.25, 0.3) is 0 Å². The SMILES string of the molecule is CN1CCCC(CNCc2ccc(O)cc2)C1. The molecule has 1 fully saturated rings. The fourth-order valence-corrected chi connectivity index (χ4v) is 2.47. The molecular formula is C14H22N2O.